The largest absolute Gasteiger partial charge is 0.481 e. The smallest absolute Gasteiger partial charge is 0.338 e. The topological polar surface area (TPSA) is 115 Å². The monoisotopic (exact) mass is 536 g/mol. The van der Waals surface area contributed by atoms with Crippen molar-refractivity contribution in [2.75, 3.05) is 20.8 Å². The summed E-state index contributed by atoms with van der Waals surface area (Å²) in [5.74, 6) is -1.22. The van der Waals surface area contributed by atoms with Crippen LogP contribution in [0.5, 0.6) is 11.9 Å². The summed E-state index contributed by atoms with van der Waals surface area (Å²) in [6.45, 7) is 3.61. The second-order valence-electron chi connectivity index (χ2n) is 9.18. The molecule has 1 fully saturated rings. The molecule has 1 aromatic heterocycles. The summed E-state index contributed by atoms with van der Waals surface area (Å²) in [5, 5.41) is 0. The van der Waals surface area contributed by atoms with Crippen LogP contribution in [0.3, 0.4) is 0 Å². The van der Waals surface area contributed by atoms with E-state index in [1.807, 2.05) is 26.0 Å². The van der Waals surface area contributed by atoms with Crippen LogP contribution in [0.25, 0.3) is 0 Å². The van der Waals surface area contributed by atoms with Crippen molar-refractivity contribution in [2.45, 2.75) is 44.9 Å². The molecule has 10 nitrogen and oxygen atoms in total. The Bertz CT molecular complexity index is 1220. The number of rotatable bonds is 11. The zero-order valence-corrected chi connectivity index (χ0v) is 22.3. The van der Waals surface area contributed by atoms with E-state index in [4.69, 9.17) is 28.4 Å². The van der Waals surface area contributed by atoms with Crippen molar-refractivity contribution in [1.82, 2.24) is 9.97 Å². The number of hydrogen-bond acceptors (Lipinski definition) is 10. The SMILES string of the molecule is COc1cc(C[C@@H]2[C@H](OC(C)C)O[C@H](COC(=O)c3ccccc3)[C@H]2OC(=O)c2ccccc2)nc(OC)n1. The van der Waals surface area contributed by atoms with Gasteiger partial charge in [0.25, 0.3) is 0 Å². The quantitative estimate of drug-likeness (QED) is 0.334. The van der Waals surface area contributed by atoms with Gasteiger partial charge in [-0.2, -0.15) is 4.98 Å². The van der Waals surface area contributed by atoms with Crippen LogP contribution in [0, 0.1) is 5.92 Å². The first kappa shape index (κ1) is 28.0. The molecular formula is C29H32N2O8. The molecule has 0 spiro atoms. The van der Waals surface area contributed by atoms with E-state index in [1.54, 1.807) is 54.6 Å². The molecule has 2 heterocycles. The summed E-state index contributed by atoms with van der Waals surface area (Å²) in [6, 6.07) is 19.1. The van der Waals surface area contributed by atoms with Gasteiger partial charge >= 0.3 is 17.9 Å². The normalized spacial score (nSPS) is 20.4. The third-order valence-corrected chi connectivity index (χ3v) is 6.07. The van der Waals surface area contributed by atoms with Crippen molar-refractivity contribution in [1.29, 1.82) is 0 Å². The maximum Gasteiger partial charge on any atom is 0.338 e. The summed E-state index contributed by atoms with van der Waals surface area (Å²) in [6.07, 6.45) is -2.29. The molecule has 39 heavy (non-hydrogen) atoms. The van der Waals surface area contributed by atoms with Crippen LogP contribution in [0.1, 0.15) is 40.3 Å². The number of nitrogens with zero attached hydrogens (tertiary/aromatic N) is 2. The van der Waals surface area contributed by atoms with Crippen LogP contribution in [-0.4, -0.2) is 67.3 Å². The van der Waals surface area contributed by atoms with Gasteiger partial charge in [-0.05, 0) is 38.1 Å². The Kier molecular flexibility index (Phi) is 9.45. The zero-order valence-electron chi connectivity index (χ0n) is 22.3. The molecule has 4 atom stereocenters. The fourth-order valence-corrected chi connectivity index (χ4v) is 4.26. The third-order valence-electron chi connectivity index (χ3n) is 6.07. The lowest BCUT2D eigenvalue weighted by atomic mass is 9.94. The molecule has 1 aliphatic heterocycles. The standard InChI is InChI=1S/C29H32N2O8/c1-18(2)37-28-22(15-21-16-24(34-3)31-29(30-21)35-4)25(39-27(33)20-13-9-6-10-14-20)23(38-28)17-36-26(32)19-11-7-5-8-12-19/h5-14,16,18,22-23,25,28H,15,17H2,1-4H3/t22-,23+,25-,28+/m0/s1. The predicted octanol–water partition coefficient (Wildman–Crippen LogP) is 3.89. The van der Waals surface area contributed by atoms with E-state index >= 15 is 0 Å². The van der Waals surface area contributed by atoms with E-state index in [0.29, 0.717) is 22.7 Å². The Labute approximate surface area is 227 Å². The van der Waals surface area contributed by atoms with E-state index in [-0.39, 0.29) is 25.1 Å². The Hall–Kier alpha value is -4.02. The Morgan fingerprint density at radius 3 is 2.13 bits per heavy atom. The molecular weight excluding hydrogens is 504 g/mol. The van der Waals surface area contributed by atoms with Crippen LogP contribution < -0.4 is 9.47 Å². The highest BCUT2D eigenvalue weighted by Gasteiger charge is 2.49. The van der Waals surface area contributed by atoms with Gasteiger partial charge < -0.3 is 28.4 Å². The van der Waals surface area contributed by atoms with E-state index in [0.717, 1.165) is 0 Å². The van der Waals surface area contributed by atoms with Crippen LogP contribution in [0.2, 0.25) is 0 Å². The average molecular weight is 537 g/mol. The molecule has 0 saturated carbocycles. The number of benzene rings is 2. The van der Waals surface area contributed by atoms with Gasteiger partial charge in [0.05, 0.1) is 43.1 Å². The zero-order chi connectivity index (χ0) is 27.8. The molecule has 0 amide bonds. The summed E-state index contributed by atoms with van der Waals surface area (Å²) in [7, 11) is 2.96. The van der Waals surface area contributed by atoms with Crippen LogP contribution in [-0.2, 0) is 25.4 Å². The fraction of sp³-hybridized carbons (Fsp3) is 0.379. The van der Waals surface area contributed by atoms with Gasteiger partial charge in [-0.3, -0.25) is 0 Å². The minimum absolute atomic E-state index is 0.135. The third kappa shape index (κ3) is 7.30. The highest BCUT2D eigenvalue weighted by Crippen LogP contribution is 2.35. The number of methoxy groups -OCH3 is 2. The summed E-state index contributed by atoms with van der Waals surface area (Å²) in [5.41, 5.74) is 1.36. The van der Waals surface area contributed by atoms with Crippen molar-refractivity contribution >= 4 is 11.9 Å². The van der Waals surface area contributed by atoms with E-state index in [9.17, 15) is 9.59 Å². The minimum atomic E-state index is -0.822. The predicted molar refractivity (Wildman–Crippen MR) is 140 cm³/mol. The number of carbonyl (C=O) groups excluding carboxylic acids is 2. The highest BCUT2D eigenvalue weighted by molar-refractivity contribution is 5.90. The Morgan fingerprint density at radius 1 is 0.897 bits per heavy atom. The first-order valence-electron chi connectivity index (χ1n) is 12.6. The first-order chi connectivity index (χ1) is 18.9. The Morgan fingerprint density at radius 2 is 1.54 bits per heavy atom. The maximum absolute atomic E-state index is 13.1. The average Bonchev–Trinajstić information content (AvgIpc) is 3.26. The summed E-state index contributed by atoms with van der Waals surface area (Å²) in [4.78, 5) is 34.4. The van der Waals surface area contributed by atoms with E-state index < -0.39 is 36.4 Å². The van der Waals surface area contributed by atoms with E-state index in [2.05, 4.69) is 9.97 Å². The van der Waals surface area contributed by atoms with Crippen molar-refractivity contribution in [2.24, 2.45) is 5.92 Å². The highest BCUT2D eigenvalue weighted by atomic mass is 16.7. The fourth-order valence-electron chi connectivity index (χ4n) is 4.26. The first-order valence-corrected chi connectivity index (χ1v) is 12.6. The van der Waals surface area contributed by atoms with E-state index in [1.165, 1.54) is 14.2 Å². The molecule has 0 bridgehead atoms. The molecule has 2 aromatic carbocycles. The molecule has 206 valence electrons. The molecule has 0 unspecified atom stereocenters. The van der Waals surface area contributed by atoms with Gasteiger partial charge in [0.1, 0.15) is 18.8 Å². The molecule has 10 heteroatoms. The number of ether oxygens (including phenoxy) is 6. The van der Waals surface area contributed by atoms with Crippen LogP contribution >= 0.6 is 0 Å². The lowest BCUT2D eigenvalue weighted by molar-refractivity contribution is -0.174. The summed E-state index contributed by atoms with van der Waals surface area (Å²) < 4.78 is 34.4. The number of carbonyl (C=O) groups is 2. The lowest BCUT2D eigenvalue weighted by Crippen LogP contribution is -2.37. The van der Waals surface area contributed by atoms with Gasteiger partial charge in [0, 0.05) is 12.5 Å². The molecule has 1 saturated heterocycles. The van der Waals surface area contributed by atoms with Gasteiger partial charge in [-0.15, -0.1) is 0 Å². The van der Waals surface area contributed by atoms with Gasteiger partial charge in [0.2, 0.25) is 5.88 Å². The molecule has 3 aromatic rings. The molecule has 0 aliphatic carbocycles. The van der Waals surface area contributed by atoms with Gasteiger partial charge in [-0.1, -0.05) is 36.4 Å². The molecule has 1 aliphatic rings. The van der Waals surface area contributed by atoms with Crippen molar-refractivity contribution < 1.29 is 38.0 Å². The molecule has 0 radical (unpaired) electrons. The molecule has 0 N–H and O–H groups in total. The second kappa shape index (κ2) is 13.2. The van der Waals surface area contributed by atoms with Crippen molar-refractivity contribution in [3.05, 3.63) is 83.6 Å². The van der Waals surface area contributed by atoms with Crippen molar-refractivity contribution in [3.63, 3.8) is 0 Å². The number of aromatic nitrogens is 2. The summed E-state index contributed by atoms with van der Waals surface area (Å²) >= 11 is 0. The lowest BCUT2D eigenvalue weighted by Gasteiger charge is -2.25. The second-order valence-corrected chi connectivity index (χ2v) is 9.18. The van der Waals surface area contributed by atoms with Crippen LogP contribution in [0.4, 0.5) is 0 Å². The van der Waals surface area contributed by atoms with Gasteiger partial charge in [0.15, 0.2) is 6.29 Å². The molecule has 4 rings (SSSR count). The van der Waals surface area contributed by atoms with Crippen molar-refractivity contribution in [3.8, 4) is 11.9 Å². The number of esters is 2. The number of hydrogen-bond donors (Lipinski definition) is 0. The van der Waals surface area contributed by atoms with Crippen LogP contribution in [0.15, 0.2) is 66.7 Å². The maximum atomic E-state index is 13.1. The minimum Gasteiger partial charge on any atom is -0.481 e. The Balaban J connectivity index is 1.63. The van der Waals surface area contributed by atoms with Gasteiger partial charge in [-0.25, -0.2) is 14.6 Å².